The van der Waals surface area contributed by atoms with Crippen LogP contribution in [0.5, 0.6) is 0 Å². The van der Waals surface area contributed by atoms with Gasteiger partial charge in [-0.3, -0.25) is 19.8 Å². The van der Waals surface area contributed by atoms with Crippen LogP contribution < -0.4 is 4.90 Å². The molecule has 1 aromatic heterocycles. The second-order valence-corrected chi connectivity index (χ2v) is 8.30. The lowest BCUT2D eigenvalue weighted by Gasteiger charge is -2.24. The Morgan fingerprint density at radius 1 is 1.17 bits per heavy atom. The number of halogens is 1. The van der Waals surface area contributed by atoms with Gasteiger partial charge in [0.05, 0.1) is 15.1 Å². The first-order chi connectivity index (χ1) is 14.3. The van der Waals surface area contributed by atoms with Crippen LogP contribution >= 0.6 is 22.9 Å². The highest BCUT2D eigenvalue weighted by Crippen LogP contribution is 2.33. The third-order valence-corrected chi connectivity index (χ3v) is 6.22. The molecule has 0 bridgehead atoms. The van der Waals surface area contributed by atoms with Crippen LogP contribution in [-0.2, 0) is 0 Å². The molecular formula is C21H23ClN4O3S. The number of hydrogen-bond donors (Lipinski definition) is 0. The Balaban J connectivity index is 1.98. The predicted octanol–water partition coefficient (Wildman–Crippen LogP) is 5.15. The summed E-state index contributed by atoms with van der Waals surface area (Å²) in [6, 6.07) is 9.37. The summed E-state index contributed by atoms with van der Waals surface area (Å²) in [5.74, 6) is -0.236. The molecular weight excluding hydrogens is 424 g/mol. The van der Waals surface area contributed by atoms with Crippen molar-refractivity contribution in [2.24, 2.45) is 0 Å². The van der Waals surface area contributed by atoms with E-state index in [4.69, 9.17) is 16.6 Å². The van der Waals surface area contributed by atoms with Gasteiger partial charge >= 0.3 is 0 Å². The highest BCUT2D eigenvalue weighted by molar-refractivity contribution is 7.22. The first-order valence-electron chi connectivity index (χ1n) is 9.69. The zero-order valence-electron chi connectivity index (χ0n) is 17.1. The topological polar surface area (TPSA) is 79.6 Å². The Kier molecular flexibility index (Phi) is 7.02. The molecule has 0 spiro atoms. The number of thiazole rings is 1. The number of nitro benzene ring substituents is 1. The number of carbonyl (C=O) groups excluding carboxylic acids is 1. The van der Waals surface area contributed by atoms with Crippen molar-refractivity contribution in [3.8, 4) is 0 Å². The maximum absolute atomic E-state index is 13.3. The minimum Gasteiger partial charge on any atom is -0.302 e. The number of amides is 1. The number of anilines is 1. The van der Waals surface area contributed by atoms with Crippen molar-refractivity contribution >= 4 is 49.9 Å². The second kappa shape index (κ2) is 9.51. The van der Waals surface area contributed by atoms with Gasteiger partial charge in [0, 0.05) is 35.8 Å². The van der Waals surface area contributed by atoms with Crippen molar-refractivity contribution in [3.05, 3.63) is 62.7 Å². The fourth-order valence-electron chi connectivity index (χ4n) is 3.20. The molecule has 158 valence electrons. The molecule has 9 heteroatoms. The van der Waals surface area contributed by atoms with E-state index in [0.717, 1.165) is 28.9 Å². The number of likely N-dealkylation sites (N-methyl/N-ethyl adjacent to an activating group) is 1. The summed E-state index contributed by atoms with van der Waals surface area (Å²) in [6.07, 6.45) is 0. The summed E-state index contributed by atoms with van der Waals surface area (Å²) in [6.45, 7) is 9.01. The van der Waals surface area contributed by atoms with Crippen LogP contribution in [0, 0.1) is 17.0 Å². The maximum Gasteiger partial charge on any atom is 0.269 e. The summed E-state index contributed by atoms with van der Waals surface area (Å²) in [7, 11) is 0. The Morgan fingerprint density at radius 2 is 1.83 bits per heavy atom. The van der Waals surface area contributed by atoms with E-state index in [1.165, 1.54) is 35.6 Å². The number of aromatic nitrogens is 1. The van der Waals surface area contributed by atoms with Crippen LogP contribution in [0.4, 0.5) is 10.8 Å². The third-order valence-electron chi connectivity index (χ3n) is 4.97. The van der Waals surface area contributed by atoms with E-state index in [-0.39, 0.29) is 11.6 Å². The fraction of sp³-hybridized carbons (Fsp3) is 0.333. The van der Waals surface area contributed by atoms with Crippen LogP contribution in [0.25, 0.3) is 10.2 Å². The molecule has 30 heavy (non-hydrogen) atoms. The van der Waals surface area contributed by atoms with Gasteiger partial charge in [0.25, 0.3) is 11.6 Å². The lowest BCUT2D eigenvalue weighted by atomic mass is 10.2. The minimum absolute atomic E-state index is 0.0495. The third kappa shape index (κ3) is 4.77. The number of nitrogens with zero attached hydrogens (tertiary/aromatic N) is 4. The van der Waals surface area contributed by atoms with E-state index in [0.29, 0.717) is 28.8 Å². The van der Waals surface area contributed by atoms with Crippen LogP contribution in [0.3, 0.4) is 0 Å². The van der Waals surface area contributed by atoms with Crippen molar-refractivity contribution in [2.75, 3.05) is 31.1 Å². The number of benzene rings is 2. The van der Waals surface area contributed by atoms with Gasteiger partial charge in [0.1, 0.15) is 0 Å². The van der Waals surface area contributed by atoms with Crippen molar-refractivity contribution in [3.63, 3.8) is 0 Å². The molecule has 7 nitrogen and oxygen atoms in total. The second-order valence-electron chi connectivity index (χ2n) is 6.85. The lowest BCUT2D eigenvalue weighted by Crippen LogP contribution is -2.38. The fourth-order valence-corrected chi connectivity index (χ4v) is 4.65. The van der Waals surface area contributed by atoms with Crippen LogP contribution in [-0.4, -0.2) is 46.9 Å². The van der Waals surface area contributed by atoms with Crippen molar-refractivity contribution < 1.29 is 9.72 Å². The van der Waals surface area contributed by atoms with Crippen molar-refractivity contribution in [2.45, 2.75) is 20.8 Å². The van der Waals surface area contributed by atoms with Gasteiger partial charge in [-0.2, -0.15) is 0 Å². The van der Waals surface area contributed by atoms with Crippen LogP contribution in [0.1, 0.15) is 29.8 Å². The Bertz CT molecular complexity index is 1060. The lowest BCUT2D eigenvalue weighted by molar-refractivity contribution is -0.384. The summed E-state index contributed by atoms with van der Waals surface area (Å²) < 4.78 is 0.916. The number of fused-ring (bicyclic) bond motifs is 1. The smallest absolute Gasteiger partial charge is 0.269 e. The maximum atomic E-state index is 13.3. The summed E-state index contributed by atoms with van der Waals surface area (Å²) in [4.78, 5) is 32.4. The molecule has 0 aliphatic carbocycles. The molecule has 0 saturated heterocycles. The minimum atomic E-state index is -0.480. The number of aryl methyl sites for hydroxylation is 1. The highest BCUT2D eigenvalue weighted by Gasteiger charge is 2.23. The average molecular weight is 447 g/mol. The zero-order valence-corrected chi connectivity index (χ0v) is 18.7. The molecule has 0 fully saturated rings. The molecule has 0 N–H and O–H groups in total. The molecule has 3 aromatic rings. The van der Waals surface area contributed by atoms with E-state index in [1.54, 1.807) is 4.90 Å². The van der Waals surface area contributed by atoms with E-state index in [9.17, 15) is 14.9 Å². The number of nitro groups is 1. The quantitative estimate of drug-likeness (QED) is 0.353. The molecule has 3 rings (SSSR count). The summed E-state index contributed by atoms with van der Waals surface area (Å²) in [5, 5.41) is 12.1. The van der Waals surface area contributed by atoms with Gasteiger partial charge < -0.3 is 4.90 Å². The monoisotopic (exact) mass is 446 g/mol. The zero-order chi connectivity index (χ0) is 21.8. The van der Waals surface area contributed by atoms with Crippen molar-refractivity contribution in [1.29, 1.82) is 0 Å². The number of non-ortho nitro benzene ring substituents is 1. The molecule has 0 saturated carbocycles. The largest absolute Gasteiger partial charge is 0.302 e. The first kappa shape index (κ1) is 22.1. The molecule has 1 heterocycles. The predicted molar refractivity (Wildman–Crippen MR) is 122 cm³/mol. The standard InChI is InChI=1S/C21H23ClN4O3S/c1-4-24(5-2)10-11-25(20(27)15-6-8-17(9-7-15)26(28)29)21-23-19-14(3)12-16(22)13-18(19)30-21/h6-9,12-13H,4-5,10-11H2,1-3H3. The van der Waals surface area contributed by atoms with Gasteiger partial charge in [0.15, 0.2) is 5.13 Å². The van der Waals surface area contributed by atoms with E-state index < -0.39 is 4.92 Å². The molecule has 1 amide bonds. The molecule has 0 aliphatic rings. The van der Waals surface area contributed by atoms with Gasteiger partial charge in [-0.1, -0.05) is 36.8 Å². The Labute approximate surface area is 184 Å². The molecule has 2 aromatic carbocycles. The van der Waals surface area contributed by atoms with E-state index in [2.05, 4.69) is 18.7 Å². The van der Waals surface area contributed by atoms with Gasteiger partial charge in [-0.15, -0.1) is 0 Å². The van der Waals surface area contributed by atoms with Gasteiger partial charge in [-0.25, -0.2) is 4.98 Å². The molecule has 0 unspecified atom stereocenters. The first-order valence-corrected chi connectivity index (χ1v) is 10.9. The SMILES string of the molecule is CCN(CC)CCN(C(=O)c1ccc([N+](=O)[O-])cc1)c1nc2c(C)cc(Cl)cc2s1. The van der Waals surface area contributed by atoms with Crippen molar-refractivity contribution in [1.82, 2.24) is 9.88 Å². The molecule has 0 atom stereocenters. The van der Waals surface area contributed by atoms with Gasteiger partial charge in [-0.05, 0) is 49.8 Å². The summed E-state index contributed by atoms with van der Waals surface area (Å²) >= 11 is 7.60. The van der Waals surface area contributed by atoms with Crippen LogP contribution in [0.2, 0.25) is 5.02 Å². The number of rotatable bonds is 8. The van der Waals surface area contributed by atoms with Gasteiger partial charge in [0.2, 0.25) is 0 Å². The van der Waals surface area contributed by atoms with Crippen LogP contribution in [0.15, 0.2) is 36.4 Å². The normalized spacial score (nSPS) is 11.2. The highest BCUT2D eigenvalue weighted by atomic mass is 35.5. The van der Waals surface area contributed by atoms with E-state index >= 15 is 0 Å². The molecule has 0 aliphatic heterocycles. The Hall–Kier alpha value is -2.55. The van der Waals surface area contributed by atoms with E-state index in [1.807, 2.05) is 19.1 Å². The Morgan fingerprint density at radius 3 is 2.43 bits per heavy atom. The molecule has 0 radical (unpaired) electrons. The number of carbonyl (C=O) groups is 1. The number of hydrogen-bond acceptors (Lipinski definition) is 6. The average Bonchev–Trinajstić information content (AvgIpc) is 3.15. The summed E-state index contributed by atoms with van der Waals surface area (Å²) in [5.41, 5.74) is 2.11.